The van der Waals surface area contributed by atoms with Gasteiger partial charge in [-0.2, -0.15) is 0 Å². The highest BCUT2D eigenvalue weighted by Crippen LogP contribution is 2.26. The van der Waals surface area contributed by atoms with Gasteiger partial charge in [-0.1, -0.05) is 97.1 Å². The minimum Gasteiger partial charge on any atom is -0.375 e. The van der Waals surface area contributed by atoms with Crippen molar-refractivity contribution in [1.29, 1.82) is 0 Å². The van der Waals surface area contributed by atoms with Crippen LogP contribution in [0.5, 0.6) is 0 Å². The van der Waals surface area contributed by atoms with Crippen molar-refractivity contribution in [2.24, 2.45) is 0 Å². The molecule has 4 atom stereocenters. The topological polar surface area (TPSA) is 39.7 Å². The molecule has 4 rings (SSSR count). The maximum atomic E-state index is 6.48. The van der Waals surface area contributed by atoms with Gasteiger partial charge in [-0.05, 0) is 23.1 Å². The van der Waals surface area contributed by atoms with Crippen molar-refractivity contribution in [3.8, 4) is 0 Å². The lowest BCUT2D eigenvalue weighted by Gasteiger charge is -2.26. The van der Waals surface area contributed by atoms with Crippen molar-refractivity contribution in [1.82, 2.24) is 5.32 Å². The van der Waals surface area contributed by atoms with E-state index in [-0.39, 0.29) is 24.3 Å². The average molecular weight is 444 g/mol. The summed E-state index contributed by atoms with van der Waals surface area (Å²) in [6.07, 6.45) is 2.52. The molecule has 0 amide bonds. The molecule has 0 aliphatic carbocycles. The summed E-state index contributed by atoms with van der Waals surface area (Å²) in [4.78, 5) is 0. The van der Waals surface area contributed by atoms with Crippen molar-refractivity contribution >= 4 is 0 Å². The SMILES string of the molecule is C=CC[C@H]1N[C@H](COCc2ccccc2)[C@@H](OCc2ccccc2)[C@@H]1OCc1ccccc1. The maximum Gasteiger partial charge on any atom is 0.103 e. The molecule has 0 radical (unpaired) electrons. The number of hydrogen-bond donors (Lipinski definition) is 1. The van der Waals surface area contributed by atoms with Gasteiger partial charge in [0.1, 0.15) is 12.2 Å². The van der Waals surface area contributed by atoms with E-state index in [1.165, 1.54) is 0 Å². The third-order valence-electron chi connectivity index (χ3n) is 5.95. The molecular weight excluding hydrogens is 410 g/mol. The first-order valence-electron chi connectivity index (χ1n) is 11.6. The Morgan fingerprint density at radius 3 is 1.58 bits per heavy atom. The van der Waals surface area contributed by atoms with Crippen molar-refractivity contribution in [2.75, 3.05) is 6.61 Å². The highest BCUT2D eigenvalue weighted by atomic mass is 16.5. The Morgan fingerprint density at radius 1 is 0.636 bits per heavy atom. The zero-order valence-electron chi connectivity index (χ0n) is 19.0. The maximum absolute atomic E-state index is 6.48. The Labute approximate surface area is 197 Å². The molecule has 3 aromatic rings. The number of rotatable bonds is 12. The van der Waals surface area contributed by atoms with Gasteiger partial charge >= 0.3 is 0 Å². The largest absolute Gasteiger partial charge is 0.375 e. The van der Waals surface area contributed by atoms with E-state index in [0.717, 1.165) is 23.1 Å². The molecule has 172 valence electrons. The normalized spacial score (nSPS) is 22.3. The van der Waals surface area contributed by atoms with E-state index in [9.17, 15) is 0 Å². The van der Waals surface area contributed by atoms with Gasteiger partial charge in [0, 0.05) is 6.04 Å². The molecule has 1 saturated heterocycles. The number of nitrogens with one attached hydrogen (secondary N) is 1. The number of ether oxygens (including phenoxy) is 3. The lowest BCUT2D eigenvalue weighted by Crippen LogP contribution is -2.40. The van der Waals surface area contributed by atoms with Gasteiger partial charge in [0.05, 0.1) is 32.5 Å². The van der Waals surface area contributed by atoms with E-state index in [1.807, 2.05) is 60.7 Å². The fraction of sp³-hybridized carbons (Fsp3) is 0.310. The lowest BCUT2D eigenvalue weighted by atomic mass is 10.0. The summed E-state index contributed by atoms with van der Waals surface area (Å²) in [5.41, 5.74) is 3.47. The molecule has 0 saturated carbocycles. The van der Waals surface area contributed by atoms with Crippen molar-refractivity contribution in [2.45, 2.75) is 50.5 Å². The molecule has 0 spiro atoms. The highest BCUT2D eigenvalue weighted by Gasteiger charge is 2.44. The Morgan fingerprint density at radius 2 is 1.09 bits per heavy atom. The van der Waals surface area contributed by atoms with Crippen LogP contribution in [0, 0.1) is 0 Å². The van der Waals surface area contributed by atoms with Crippen molar-refractivity contribution < 1.29 is 14.2 Å². The van der Waals surface area contributed by atoms with E-state index in [2.05, 4.69) is 48.3 Å². The summed E-state index contributed by atoms with van der Waals surface area (Å²) in [6.45, 7) is 6.16. The monoisotopic (exact) mass is 443 g/mol. The third kappa shape index (κ3) is 6.86. The van der Waals surface area contributed by atoms with Crippen LogP contribution in [0.15, 0.2) is 104 Å². The van der Waals surface area contributed by atoms with E-state index in [1.54, 1.807) is 0 Å². The van der Waals surface area contributed by atoms with Gasteiger partial charge in [-0.3, -0.25) is 0 Å². The molecule has 3 aromatic carbocycles. The molecule has 4 heteroatoms. The van der Waals surface area contributed by atoms with E-state index >= 15 is 0 Å². The first-order valence-corrected chi connectivity index (χ1v) is 11.6. The van der Waals surface area contributed by atoms with Crippen LogP contribution in [-0.2, 0) is 34.0 Å². The summed E-state index contributed by atoms with van der Waals surface area (Å²) in [5, 5.41) is 3.70. The van der Waals surface area contributed by atoms with Gasteiger partial charge in [-0.15, -0.1) is 6.58 Å². The van der Waals surface area contributed by atoms with Crippen LogP contribution < -0.4 is 5.32 Å². The summed E-state index contributed by atoms with van der Waals surface area (Å²) in [5.74, 6) is 0. The molecular formula is C29H33NO3. The highest BCUT2D eigenvalue weighted by molar-refractivity contribution is 5.16. The molecule has 1 fully saturated rings. The van der Waals surface area contributed by atoms with Gasteiger partial charge in [0.2, 0.25) is 0 Å². The van der Waals surface area contributed by atoms with Crippen LogP contribution in [0.2, 0.25) is 0 Å². The fourth-order valence-corrected chi connectivity index (χ4v) is 4.28. The quantitative estimate of drug-likeness (QED) is 0.386. The summed E-state index contributed by atoms with van der Waals surface area (Å²) < 4.78 is 19.0. The van der Waals surface area contributed by atoms with Gasteiger partial charge in [0.15, 0.2) is 0 Å². The molecule has 0 bridgehead atoms. The average Bonchev–Trinajstić information content (AvgIpc) is 3.19. The Kier molecular flexibility index (Phi) is 8.84. The van der Waals surface area contributed by atoms with Crippen LogP contribution in [0.3, 0.4) is 0 Å². The van der Waals surface area contributed by atoms with Crippen molar-refractivity contribution in [3.63, 3.8) is 0 Å². The molecule has 4 nitrogen and oxygen atoms in total. The van der Waals surface area contributed by atoms with E-state index in [4.69, 9.17) is 14.2 Å². The summed E-state index contributed by atoms with van der Waals surface area (Å²) >= 11 is 0. The predicted molar refractivity (Wildman–Crippen MR) is 132 cm³/mol. The van der Waals surface area contributed by atoms with E-state index in [0.29, 0.717) is 26.4 Å². The Balaban J connectivity index is 1.45. The molecule has 1 N–H and O–H groups in total. The second-order valence-corrected chi connectivity index (χ2v) is 8.43. The van der Waals surface area contributed by atoms with Crippen LogP contribution >= 0.6 is 0 Å². The standard InChI is InChI=1S/C29H33NO3/c1-2-12-26-28(32-20-24-15-8-4-9-16-24)29(33-21-25-17-10-5-11-18-25)27(30-26)22-31-19-23-13-6-3-7-14-23/h2-11,13-18,26-30H,1,12,19-22H2/t26-,27-,28-,29-/m1/s1. The van der Waals surface area contributed by atoms with Gasteiger partial charge < -0.3 is 19.5 Å². The first-order chi connectivity index (χ1) is 16.3. The van der Waals surface area contributed by atoms with Crippen LogP contribution in [0.25, 0.3) is 0 Å². The van der Waals surface area contributed by atoms with Crippen LogP contribution in [0.4, 0.5) is 0 Å². The van der Waals surface area contributed by atoms with Crippen molar-refractivity contribution in [3.05, 3.63) is 120 Å². The van der Waals surface area contributed by atoms with Crippen LogP contribution in [-0.4, -0.2) is 30.9 Å². The molecule has 33 heavy (non-hydrogen) atoms. The zero-order valence-corrected chi connectivity index (χ0v) is 19.0. The second kappa shape index (κ2) is 12.5. The minimum atomic E-state index is -0.130. The Bertz CT molecular complexity index is 948. The molecule has 1 aliphatic heterocycles. The van der Waals surface area contributed by atoms with Gasteiger partial charge in [0.25, 0.3) is 0 Å². The molecule has 0 aromatic heterocycles. The molecule has 1 heterocycles. The third-order valence-corrected chi connectivity index (χ3v) is 5.95. The number of hydrogen-bond acceptors (Lipinski definition) is 4. The van der Waals surface area contributed by atoms with Crippen LogP contribution in [0.1, 0.15) is 23.1 Å². The van der Waals surface area contributed by atoms with Gasteiger partial charge in [-0.25, -0.2) is 0 Å². The summed E-state index contributed by atoms with van der Waals surface area (Å²) in [7, 11) is 0. The lowest BCUT2D eigenvalue weighted by molar-refractivity contribution is -0.0855. The number of benzene rings is 3. The summed E-state index contributed by atoms with van der Waals surface area (Å²) in [6, 6.07) is 30.9. The Hall–Kier alpha value is -2.76. The smallest absolute Gasteiger partial charge is 0.103 e. The van der Waals surface area contributed by atoms with E-state index < -0.39 is 0 Å². The second-order valence-electron chi connectivity index (χ2n) is 8.43. The predicted octanol–water partition coefficient (Wildman–Crippen LogP) is 5.29. The fourth-order valence-electron chi connectivity index (χ4n) is 4.28. The first kappa shape index (κ1) is 23.4. The molecule has 1 aliphatic rings. The zero-order chi connectivity index (χ0) is 22.7. The minimum absolute atomic E-state index is 0.0307. The molecule has 0 unspecified atom stereocenters.